The van der Waals surface area contributed by atoms with Crippen LogP contribution in [0.5, 0.6) is 0 Å². The number of amides is 1. The van der Waals surface area contributed by atoms with Gasteiger partial charge in [0.1, 0.15) is 0 Å². The highest BCUT2D eigenvalue weighted by Crippen LogP contribution is 2.15. The standard InChI is InChI=1S/C16H19N5O2S/c1-9(2)17-13(22)6-7-20-14(23)11-8-10(3)4-5-12(11)21-15(20)18-19-16(21)24/h4-5,8-9H,6-7H2,1-3H3,(H,17,22)(H,19,24). The smallest absolute Gasteiger partial charge is 0.262 e. The van der Waals surface area contributed by atoms with Gasteiger partial charge in [-0.25, -0.2) is 5.10 Å². The minimum Gasteiger partial charge on any atom is -0.354 e. The Labute approximate surface area is 143 Å². The Morgan fingerprint density at radius 2 is 2.17 bits per heavy atom. The molecule has 126 valence electrons. The highest BCUT2D eigenvalue weighted by atomic mass is 32.1. The number of aryl methyl sites for hydroxylation is 2. The Morgan fingerprint density at radius 1 is 1.42 bits per heavy atom. The fourth-order valence-electron chi connectivity index (χ4n) is 2.75. The van der Waals surface area contributed by atoms with E-state index >= 15 is 0 Å². The summed E-state index contributed by atoms with van der Waals surface area (Å²) < 4.78 is 3.64. The van der Waals surface area contributed by atoms with Gasteiger partial charge in [-0.3, -0.25) is 18.6 Å². The summed E-state index contributed by atoms with van der Waals surface area (Å²) in [5.74, 6) is 0.312. The molecule has 0 aliphatic rings. The van der Waals surface area contributed by atoms with Gasteiger partial charge in [0.05, 0.1) is 10.9 Å². The summed E-state index contributed by atoms with van der Waals surface area (Å²) in [5.41, 5.74) is 1.52. The van der Waals surface area contributed by atoms with Gasteiger partial charge >= 0.3 is 0 Å². The lowest BCUT2D eigenvalue weighted by Gasteiger charge is -2.12. The van der Waals surface area contributed by atoms with E-state index in [-0.39, 0.29) is 30.5 Å². The first-order valence-electron chi connectivity index (χ1n) is 7.78. The average molecular weight is 345 g/mol. The molecule has 8 heteroatoms. The predicted octanol–water partition coefficient (Wildman–Crippen LogP) is 1.93. The number of nitrogens with one attached hydrogen (secondary N) is 2. The molecule has 0 spiro atoms. The van der Waals surface area contributed by atoms with Gasteiger partial charge in [-0.15, -0.1) is 5.10 Å². The molecule has 7 nitrogen and oxygen atoms in total. The molecule has 3 aromatic rings. The van der Waals surface area contributed by atoms with Gasteiger partial charge in [0.15, 0.2) is 0 Å². The lowest BCUT2D eigenvalue weighted by molar-refractivity contribution is -0.121. The van der Waals surface area contributed by atoms with Crippen molar-refractivity contribution in [2.24, 2.45) is 0 Å². The van der Waals surface area contributed by atoms with E-state index in [1.807, 2.05) is 39.0 Å². The molecule has 0 saturated carbocycles. The Bertz CT molecular complexity index is 1040. The van der Waals surface area contributed by atoms with Gasteiger partial charge in [0.2, 0.25) is 16.5 Å². The normalized spacial score (nSPS) is 11.5. The van der Waals surface area contributed by atoms with Crippen LogP contribution in [0.3, 0.4) is 0 Å². The molecule has 0 fully saturated rings. The van der Waals surface area contributed by atoms with Crippen LogP contribution in [0.2, 0.25) is 0 Å². The van der Waals surface area contributed by atoms with Crippen molar-refractivity contribution in [1.29, 1.82) is 0 Å². The van der Waals surface area contributed by atoms with E-state index in [1.54, 1.807) is 4.40 Å². The van der Waals surface area contributed by atoms with Crippen molar-refractivity contribution in [2.75, 3.05) is 0 Å². The van der Waals surface area contributed by atoms with Crippen molar-refractivity contribution in [1.82, 2.24) is 24.5 Å². The van der Waals surface area contributed by atoms with E-state index in [9.17, 15) is 9.59 Å². The highest BCUT2D eigenvalue weighted by Gasteiger charge is 2.14. The molecule has 2 heterocycles. The van der Waals surface area contributed by atoms with Gasteiger partial charge < -0.3 is 5.32 Å². The van der Waals surface area contributed by atoms with E-state index in [2.05, 4.69) is 15.5 Å². The molecule has 3 rings (SSSR count). The lowest BCUT2D eigenvalue weighted by atomic mass is 10.1. The third-order valence-electron chi connectivity index (χ3n) is 3.78. The maximum absolute atomic E-state index is 12.9. The monoisotopic (exact) mass is 345 g/mol. The van der Waals surface area contributed by atoms with Crippen LogP contribution < -0.4 is 10.9 Å². The summed E-state index contributed by atoms with van der Waals surface area (Å²) in [5, 5.41) is 10.3. The van der Waals surface area contributed by atoms with Gasteiger partial charge in [0.25, 0.3) is 5.56 Å². The van der Waals surface area contributed by atoms with Crippen molar-refractivity contribution < 1.29 is 4.79 Å². The summed E-state index contributed by atoms with van der Waals surface area (Å²) in [6.45, 7) is 5.96. The summed E-state index contributed by atoms with van der Waals surface area (Å²) in [4.78, 5) is 24.8. The quantitative estimate of drug-likeness (QED) is 0.708. The zero-order valence-electron chi connectivity index (χ0n) is 13.8. The molecule has 0 unspecified atom stereocenters. The number of benzene rings is 1. The number of nitrogens with zero attached hydrogens (tertiary/aromatic N) is 3. The van der Waals surface area contributed by atoms with Crippen LogP contribution >= 0.6 is 12.2 Å². The Morgan fingerprint density at radius 3 is 2.88 bits per heavy atom. The number of hydrogen-bond donors (Lipinski definition) is 2. The first-order chi connectivity index (χ1) is 11.4. The van der Waals surface area contributed by atoms with Crippen molar-refractivity contribution in [2.45, 2.75) is 39.8 Å². The molecule has 0 saturated heterocycles. The third-order valence-corrected chi connectivity index (χ3v) is 4.05. The second-order valence-corrected chi connectivity index (χ2v) is 6.50. The number of carbonyl (C=O) groups excluding carboxylic acids is 1. The number of hydrogen-bond acceptors (Lipinski definition) is 4. The van der Waals surface area contributed by atoms with Gasteiger partial charge in [-0.05, 0) is 45.1 Å². The minimum atomic E-state index is -0.174. The van der Waals surface area contributed by atoms with Gasteiger partial charge in [-0.2, -0.15) is 0 Å². The number of carbonyl (C=O) groups is 1. The summed E-state index contributed by atoms with van der Waals surface area (Å²) >= 11 is 5.29. The van der Waals surface area contributed by atoms with Crippen molar-refractivity contribution in [3.8, 4) is 0 Å². The highest BCUT2D eigenvalue weighted by molar-refractivity contribution is 7.71. The van der Waals surface area contributed by atoms with E-state index in [0.717, 1.165) is 5.56 Å². The molecule has 24 heavy (non-hydrogen) atoms. The van der Waals surface area contributed by atoms with E-state index in [4.69, 9.17) is 12.2 Å². The summed E-state index contributed by atoms with van der Waals surface area (Å²) in [7, 11) is 0. The lowest BCUT2D eigenvalue weighted by Crippen LogP contribution is -2.32. The molecule has 2 aromatic heterocycles. The topological polar surface area (TPSA) is 84.2 Å². The first-order valence-corrected chi connectivity index (χ1v) is 8.19. The largest absolute Gasteiger partial charge is 0.354 e. The fourth-order valence-corrected chi connectivity index (χ4v) is 2.97. The van der Waals surface area contributed by atoms with Gasteiger partial charge in [0, 0.05) is 19.0 Å². The number of fused-ring (bicyclic) bond motifs is 3. The zero-order valence-corrected chi connectivity index (χ0v) is 14.6. The first kappa shape index (κ1) is 16.4. The van der Waals surface area contributed by atoms with Gasteiger partial charge in [-0.1, -0.05) is 11.6 Å². The van der Waals surface area contributed by atoms with Crippen LogP contribution in [0.25, 0.3) is 16.7 Å². The van der Waals surface area contributed by atoms with Crippen LogP contribution in [-0.4, -0.2) is 31.1 Å². The molecule has 0 atom stereocenters. The summed E-state index contributed by atoms with van der Waals surface area (Å²) in [6.07, 6.45) is 0.199. The minimum absolute atomic E-state index is 0.0625. The molecule has 0 aliphatic heterocycles. The Kier molecular flexibility index (Phi) is 4.23. The second kappa shape index (κ2) is 6.20. The van der Waals surface area contributed by atoms with Crippen LogP contribution in [0.15, 0.2) is 23.0 Å². The van der Waals surface area contributed by atoms with Crippen LogP contribution in [0.1, 0.15) is 25.8 Å². The molecule has 0 bridgehead atoms. The SMILES string of the molecule is Cc1ccc2c(c1)c(=O)n(CCC(=O)NC(C)C)c1n[nH]c(=S)n21. The molecule has 0 radical (unpaired) electrons. The van der Waals surface area contributed by atoms with Crippen LogP contribution in [0.4, 0.5) is 0 Å². The Balaban J connectivity index is 2.15. The number of aromatic nitrogens is 4. The second-order valence-electron chi connectivity index (χ2n) is 6.11. The molecule has 1 aromatic carbocycles. The number of rotatable bonds is 4. The van der Waals surface area contributed by atoms with Crippen molar-refractivity contribution in [3.05, 3.63) is 38.9 Å². The fraction of sp³-hybridized carbons (Fsp3) is 0.375. The Hall–Kier alpha value is -2.48. The van der Waals surface area contributed by atoms with Crippen molar-refractivity contribution >= 4 is 34.8 Å². The average Bonchev–Trinajstić information content (AvgIpc) is 2.88. The van der Waals surface area contributed by atoms with Crippen molar-refractivity contribution in [3.63, 3.8) is 0 Å². The number of aromatic amines is 1. The zero-order chi connectivity index (χ0) is 17.4. The summed E-state index contributed by atoms with van der Waals surface area (Å²) in [6, 6.07) is 5.68. The third kappa shape index (κ3) is 2.84. The van der Waals surface area contributed by atoms with E-state index in [1.165, 1.54) is 4.57 Å². The molecule has 0 aliphatic carbocycles. The van der Waals surface area contributed by atoms with Crippen LogP contribution in [-0.2, 0) is 11.3 Å². The molecule has 1 amide bonds. The maximum atomic E-state index is 12.9. The molecule has 2 N–H and O–H groups in total. The van der Waals surface area contributed by atoms with E-state index < -0.39 is 0 Å². The maximum Gasteiger partial charge on any atom is 0.262 e. The number of H-pyrrole nitrogens is 1. The molecular formula is C16H19N5O2S. The van der Waals surface area contributed by atoms with Crippen LogP contribution in [0, 0.1) is 11.7 Å². The molecular weight excluding hydrogens is 326 g/mol. The van der Waals surface area contributed by atoms with E-state index in [0.29, 0.717) is 21.5 Å². The predicted molar refractivity (Wildman–Crippen MR) is 94.8 cm³/mol.